The molecule has 1 unspecified atom stereocenters. The van der Waals surface area contributed by atoms with E-state index in [0.717, 1.165) is 10.4 Å². The standard InChI is InChI=1S/C31H37N3O7S/c1-8-31(26(36)37,34-28(39)41-30(5,6)7)21-14-11-19(12-15-21)25(35)32-23-18-20(24-10-9-17-42-24)13-16-22(23)33-27(38)40-29(2,3)4/h9-18H,8H2,1-7H3,(H,32,35)(H,33,38)(H,34,39)(H,36,37). The van der Waals surface area contributed by atoms with E-state index < -0.39 is 40.8 Å². The van der Waals surface area contributed by atoms with Gasteiger partial charge in [0.1, 0.15) is 11.2 Å². The molecule has 4 N–H and O–H groups in total. The zero-order chi connectivity index (χ0) is 31.3. The van der Waals surface area contributed by atoms with E-state index in [0.29, 0.717) is 11.4 Å². The second-order valence-electron chi connectivity index (χ2n) is 11.6. The van der Waals surface area contributed by atoms with E-state index in [1.54, 1.807) is 60.6 Å². The summed E-state index contributed by atoms with van der Waals surface area (Å²) in [5, 5.41) is 20.0. The maximum absolute atomic E-state index is 13.3. The van der Waals surface area contributed by atoms with Crippen LogP contribution in [0.2, 0.25) is 0 Å². The van der Waals surface area contributed by atoms with Gasteiger partial charge in [-0.3, -0.25) is 10.1 Å². The third kappa shape index (κ3) is 8.32. The summed E-state index contributed by atoms with van der Waals surface area (Å²) >= 11 is 1.53. The van der Waals surface area contributed by atoms with Crippen molar-refractivity contribution in [2.75, 3.05) is 10.6 Å². The molecule has 1 heterocycles. The number of benzene rings is 2. The van der Waals surface area contributed by atoms with Crippen LogP contribution < -0.4 is 16.0 Å². The average Bonchev–Trinajstić information content (AvgIpc) is 3.41. The Labute approximate surface area is 249 Å². The van der Waals surface area contributed by atoms with Crippen LogP contribution in [0.15, 0.2) is 60.0 Å². The van der Waals surface area contributed by atoms with Crippen molar-refractivity contribution < 1.29 is 33.8 Å². The van der Waals surface area contributed by atoms with Gasteiger partial charge < -0.3 is 25.2 Å². The third-order valence-electron chi connectivity index (χ3n) is 5.96. The first kappa shape index (κ1) is 32.1. The van der Waals surface area contributed by atoms with E-state index in [-0.39, 0.29) is 17.5 Å². The van der Waals surface area contributed by atoms with E-state index in [4.69, 9.17) is 9.47 Å². The molecule has 0 bridgehead atoms. The Kier molecular flexibility index (Phi) is 9.68. The molecule has 3 rings (SSSR count). The second kappa shape index (κ2) is 12.6. The Hall–Kier alpha value is -4.38. The van der Waals surface area contributed by atoms with Crippen LogP contribution in [0.25, 0.3) is 10.4 Å². The first-order valence-electron chi connectivity index (χ1n) is 13.4. The molecule has 42 heavy (non-hydrogen) atoms. The number of carbonyl (C=O) groups excluding carboxylic acids is 3. The van der Waals surface area contributed by atoms with Crippen molar-refractivity contribution in [3.8, 4) is 10.4 Å². The number of nitrogens with one attached hydrogen (secondary N) is 3. The smallest absolute Gasteiger partial charge is 0.412 e. The topological polar surface area (TPSA) is 143 Å². The van der Waals surface area contributed by atoms with Crippen LogP contribution in [-0.4, -0.2) is 40.4 Å². The summed E-state index contributed by atoms with van der Waals surface area (Å²) in [6.45, 7) is 11.9. The van der Waals surface area contributed by atoms with Crippen LogP contribution in [0, 0.1) is 0 Å². The molecule has 1 aromatic heterocycles. The van der Waals surface area contributed by atoms with Crippen LogP contribution in [0.3, 0.4) is 0 Å². The number of carboxylic acid groups (broad SMARTS) is 1. The average molecular weight is 596 g/mol. The SMILES string of the molecule is CCC(NC(=O)OC(C)(C)C)(C(=O)O)c1ccc(C(=O)Nc2cc(-c3cccs3)ccc2NC(=O)OC(C)(C)C)cc1. The number of hydrogen-bond donors (Lipinski definition) is 4. The first-order chi connectivity index (χ1) is 19.5. The van der Waals surface area contributed by atoms with Crippen molar-refractivity contribution in [2.24, 2.45) is 0 Å². The molecule has 0 radical (unpaired) electrons. The fraction of sp³-hybridized carbons (Fsp3) is 0.355. The number of ether oxygens (including phenoxy) is 2. The number of anilines is 2. The summed E-state index contributed by atoms with van der Waals surface area (Å²) in [5.41, 5.74) is -1.27. The number of amides is 3. The number of alkyl carbamates (subject to hydrolysis) is 1. The van der Waals surface area contributed by atoms with E-state index in [9.17, 15) is 24.3 Å². The van der Waals surface area contributed by atoms with Crippen LogP contribution >= 0.6 is 11.3 Å². The molecule has 0 saturated carbocycles. The molecule has 3 aromatic rings. The molecule has 0 fully saturated rings. The molecule has 0 aliphatic carbocycles. The van der Waals surface area contributed by atoms with E-state index in [1.165, 1.54) is 35.6 Å². The summed E-state index contributed by atoms with van der Waals surface area (Å²) in [7, 11) is 0. The lowest BCUT2D eigenvalue weighted by Gasteiger charge is -2.31. The molecule has 10 nitrogen and oxygen atoms in total. The number of hydrogen-bond acceptors (Lipinski definition) is 7. The minimum Gasteiger partial charge on any atom is -0.479 e. The Balaban J connectivity index is 1.89. The largest absolute Gasteiger partial charge is 0.479 e. The predicted molar refractivity (Wildman–Crippen MR) is 163 cm³/mol. The zero-order valence-electron chi connectivity index (χ0n) is 24.8. The highest BCUT2D eigenvalue weighted by molar-refractivity contribution is 7.13. The van der Waals surface area contributed by atoms with Gasteiger partial charge in [0.2, 0.25) is 0 Å². The Morgan fingerprint density at radius 3 is 1.95 bits per heavy atom. The summed E-state index contributed by atoms with van der Waals surface area (Å²) in [4.78, 5) is 51.6. The van der Waals surface area contributed by atoms with Gasteiger partial charge in [0, 0.05) is 10.4 Å². The molecule has 2 aromatic carbocycles. The number of aliphatic carboxylic acids is 1. The highest BCUT2D eigenvalue weighted by atomic mass is 32.1. The molecule has 0 spiro atoms. The normalized spacial score (nSPS) is 12.9. The number of thiophene rings is 1. The first-order valence-corrected chi connectivity index (χ1v) is 14.3. The summed E-state index contributed by atoms with van der Waals surface area (Å²) in [6.07, 6.45) is -1.51. The van der Waals surface area contributed by atoms with Gasteiger partial charge in [0.15, 0.2) is 5.54 Å². The number of carboxylic acids is 1. The van der Waals surface area contributed by atoms with Crippen molar-refractivity contribution in [3.05, 3.63) is 71.1 Å². The van der Waals surface area contributed by atoms with Crippen LogP contribution in [0.1, 0.15) is 70.8 Å². The lowest BCUT2D eigenvalue weighted by molar-refractivity contribution is -0.145. The van der Waals surface area contributed by atoms with E-state index >= 15 is 0 Å². The van der Waals surface area contributed by atoms with Crippen molar-refractivity contribution in [1.29, 1.82) is 0 Å². The molecule has 0 aliphatic heterocycles. The van der Waals surface area contributed by atoms with Crippen molar-refractivity contribution in [3.63, 3.8) is 0 Å². The van der Waals surface area contributed by atoms with E-state index in [1.807, 2.05) is 23.6 Å². The maximum atomic E-state index is 13.3. The predicted octanol–water partition coefficient (Wildman–Crippen LogP) is 7.23. The van der Waals surface area contributed by atoms with Gasteiger partial charge in [0.25, 0.3) is 5.91 Å². The summed E-state index contributed by atoms with van der Waals surface area (Å²) < 4.78 is 10.7. The minimum absolute atomic E-state index is 0.0301. The highest BCUT2D eigenvalue weighted by Gasteiger charge is 2.41. The van der Waals surface area contributed by atoms with Crippen molar-refractivity contribution in [1.82, 2.24) is 5.32 Å². The Morgan fingerprint density at radius 2 is 1.43 bits per heavy atom. The Morgan fingerprint density at radius 1 is 0.810 bits per heavy atom. The molecule has 1 atom stereocenters. The van der Waals surface area contributed by atoms with Gasteiger partial charge in [-0.05, 0) is 94.8 Å². The van der Waals surface area contributed by atoms with Crippen LogP contribution in [0.4, 0.5) is 21.0 Å². The summed E-state index contributed by atoms with van der Waals surface area (Å²) in [5.74, 6) is -1.76. The van der Waals surface area contributed by atoms with Gasteiger partial charge in [-0.15, -0.1) is 11.3 Å². The highest BCUT2D eigenvalue weighted by Crippen LogP contribution is 2.33. The lowest BCUT2D eigenvalue weighted by Crippen LogP contribution is -2.52. The van der Waals surface area contributed by atoms with Gasteiger partial charge >= 0.3 is 18.2 Å². The van der Waals surface area contributed by atoms with Crippen LogP contribution in [0.5, 0.6) is 0 Å². The molecule has 11 heteroatoms. The monoisotopic (exact) mass is 595 g/mol. The minimum atomic E-state index is -1.77. The molecule has 224 valence electrons. The van der Waals surface area contributed by atoms with Crippen molar-refractivity contribution >= 4 is 46.8 Å². The van der Waals surface area contributed by atoms with Gasteiger partial charge in [-0.1, -0.05) is 31.2 Å². The number of rotatable bonds is 8. The van der Waals surface area contributed by atoms with Gasteiger partial charge in [-0.25, -0.2) is 14.4 Å². The molecule has 3 amide bonds. The third-order valence-corrected chi connectivity index (χ3v) is 6.88. The molecular weight excluding hydrogens is 558 g/mol. The second-order valence-corrected chi connectivity index (χ2v) is 12.5. The molecule has 0 saturated heterocycles. The lowest BCUT2D eigenvalue weighted by atomic mass is 9.86. The van der Waals surface area contributed by atoms with E-state index in [2.05, 4.69) is 16.0 Å². The summed E-state index contributed by atoms with van der Waals surface area (Å²) in [6, 6.07) is 15.0. The molecular formula is C31H37N3O7S. The molecule has 0 aliphatic rings. The van der Waals surface area contributed by atoms with Crippen LogP contribution in [-0.2, 0) is 19.8 Å². The Bertz CT molecular complexity index is 1440. The fourth-order valence-electron chi connectivity index (χ4n) is 4.04. The van der Waals surface area contributed by atoms with Gasteiger partial charge in [-0.2, -0.15) is 0 Å². The maximum Gasteiger partial charge on any atom is 0.412 e. The zero-order valence-corrected chi connectivity index (χ0v) is 25.6. The fourth-order valence-corrected chi connectivity index (χ4v) is 4.76. The van der Waals surface area contributed by atoms with Crippen molar-refractivity contribution in [2.45, 2.75) is 71.6 Å². The number of carbonyl (C=O) groups is 4. The quantitative estimate of drug-likeness (QED) is 0.215. The van der Waals surface area contributed by atoms with Gasteiger partial charge in [0.05, 0.1) is 11.4 Å².